The molecule has 33 heavy (non-hydrogen) atoms. The summed E-state index contributed by atoms with van der Waals surface area (Å²) >= 11 is 3.39. The van der Waals surface area contributed by atoms with Crippen molar-refractivity contribution in [2.24, 2.45) is 11.8 Å². The number of aryl methyl sites for hydroxylation is 1. The maximum atomic E-state index is 13.2. The van der Waals surface area contributed by atoms with Gasteiger partial charge in [0.05, 0.1) is 23.1 Å². The van der Waals surface area contributed by atoms with Gasteiger partial charge in [-0.05, 0) is 69.4 Å². The summed E-state index contributed by atoms with van der Waals surface area (Å²) in [7, 11) is 0. The molecule has 0 bridgehead atoms. The van der Waals surface area contributed by atoms with Gasteiger partial charge in [-0.3, -0.25) is 4.90 Å². The third-order valence-corrected chi connectivity index (χ3v) is 7.74. The van der Waals surface area contributed by atoms with E-state index in [2.05, 4.69) is 24.0 Å². The summed E-state index contributed by atoms with van der Waals surface area (Å²) < 4.78 is 6.77. The van der Waals surface area contributed by atoms with E-state index in [0.717, 1.165) is 33.1 Å². The van der Waals surface area contributed by atoms with Crippen LogP contribution in [-0.4, -0.2) is 21.9 Å². The normalized spacial score (nSPS) is 14.5. The molecule has 0 saturated heterocycles. The highest BCUT2D eigenvalue weighted by Crippen LogP contribution is 2.40. The molecular weight excluding hydrogens is 450 g/mol. The molecule has 0 radical (unpaired) electrons. The summed E-state index contributed by atoms with van der Waals surface area (Å²) in [6.45, 7) is 14.6. The van der Waals surface area contributed by atoms with E-state index < -0.39 is 5.60 Å². The minimum Gasteiger partial charge on any atom is -0.443 e. The van der Waals surface area contributed by atoms with E-state index in [-0.39, 0.29) is 6.09 Å². The molecule has 1 aliphatic rings. The van der Waals surface area contributed by atoms with Crippen molar-refractivity contribution in [2.45, 2.75) is 86.3 Å². The fraction of sp³-hybridized carbons (Fsp3) is 0.577. The van der Waals surface area contributed by atoms with Crippen molar-refractivity contribution in [1.29, 1.82) is 0 Å². The molecular formula is C26H37N3O2S2. The van der Waals surface area contributed by atoms with Crippen molar-refractivity contribution in [2.75, 3.05) is 4.90 Å². The Balaban J connectivity index is 0.00000149. The average molecular weight is 488 g/mol. The quantitative estimate of drug-likeness (QED) is 0.339. The lowest BCUT2D eigenvalue weighted by Crippen LogP contribution is -2.36. The number of aromatic nitrogens is 2. The first-order chi connectivity index (χ1) is 15.7. The second-order valence-corrected chi connectivity index (χ2v) is 11.8. The molecule has 0 N–H and O–H groups in total. The van der Waals surface area contributed by atoms with Crippen LogP contribution in [0.5, 0.6) is 0 Å². The van der Waals surface area contributed by atoms with Crippen molar-refractivity contribution in [3.63, 3.8) is 0 Å². The highest BCUT2D eigenvalue weighted by molar-refractivity contribution is 7.19. The van der Waals surface area contributed by atoms with Crippen molar-refractivity contribution in [3.8, 4) is 0 Å². The number of hydrogen-bond donors (Lipinski definition) is 0. The van der Waals surface area contributed by atoms with Crippen molar-refractivity contribution in [1.82, 2.24) is 10.2 Å². The lowest BCUT2D eigenvalue weighted by Gasteiger charge is -2.27. The predicted octanol–water partition coefficient (Wildman–Crippen LogP) is 8.01. The molecule has 1 saturated carbocycles. The van der Waals surface area contributed by atoms with E-state index >= 15 is 0 Å². The highest BCUT2D eigenvalue weighted by atomic mass is 32.1. The Bertz CT molecular complexity index is 1050. The molecule has 1 unspecified atom stereocenters. The summed E-state index contributed by atoms with van der Waals surface area (Å²) in [4.78, 5) is 17.4. The molecule has 3 aromatic rings. The van der Waals surface area contributed by atoms with E-state index in [1.54, 1.807) is 33.8 Å². The molecule has 180 valence electrons. The Kier molecular flexibility index (Phi) is 8.51. The van der Waals surface area contributed by atoms with Crippen molar-refractivity contribution in [3.05, 3.63) is 39.0 Å². The summed E-state index contributed by atoms with van der Waals surface area (Å²) in [5.41, 5.74) is 2.30. The van der Waals surface area contributed by atoms with Gasteiger partial charge in [0.1, 0.15) is 11.1 Å². The van der Waals surface area contributed by atoms with Gasteiger partial charge in [0, 0.05) is 9.75 Å². The highest BCUT2D eigenvalue weighted by Gasteiger charge is 2.28. The molecule has 7 heteroatoms. The van der Waals surface area contributed by atoms with E-state index in [1.807, 2.05) is 52.1 Å². The van der Waals surface area contributed by atoms with Gasteiger partial charge >= 0.3 is 6.09 Å². The summed E-state index contributed by atoms with van der Waals surface area (Å²) in [5.74, 6) is 1.58. The number of carbonyl (C=O) groups excluding carboxylic acids is 1. The molecule has 3 heterocycles. The minimum absolute atomic E-state index is 0.357. The molecule has 5 nitrogen and oxygen atoms in total. The molecule has 4 rings (SSSR count). The molecule has 0 spiro atoms. The lowest BCUT2D eigenvalue weighted by atomic mass is 9.98. The Morgan fingerprint density at radius 2 is 2.03 bits per heavy atom. The van der Waals surface area contributed by atoms with Gasteiger partial charge in [0.2, 0.25) is 0 Å². The second kappa shape index (κ2) is 11.0. The molecule has 3 aromatic heterocycles. The molecule has 0 aliphatic heterocycles. The number of anilines is 1. The summed E-state index contributed by atoms with van der Waals surface area (Å²) in [6, 6.07) is 4.04. The molecule has 0 aromatic carbocycles. The Labute approximate surface area is 206 Å². The van der Waals surface area contributed by atoms with Crippen LogP contribution in [-0.2, 0) is 17.7 Å². The van der Waals surface area contributed by atoms with E-state index in [1.165, 1.54) is 29.7 Å². The number of thiophene rings is 2. The van der Waals surface area contributed by atoms with Crippen LogP contribution in [0.25, 0.3) is 10.2 Å². The summed E-state index contributed by atoms with van der Waals surface area (Å²) in [5, 5.41) is 10.7. The van der Waals surface area contributed by atoms with E-state index in [4.69, 9.17) is 4.74 Å². The van der Waals surface area contributed by atoms with Crippen molar-refractivity contribution >= 4 is 44.7 Å². The minimum atomic E-state index is -0.570. The van der Waals surface area contributed by atoms with Gasteiger partial charge in [0.15, 0.2) is 0 Å². The maximum Gasteiger partial charge on any atom is 0.415 e. The molecule has 1 atom stereocenters. The van der Waals surface area contributed by atoms with Gasteiger partial charge in [-0.2, -0.15) is 5.10 Å². The van der Waals surface area contributed by atoms with Gasteiger partial charge < -0.3 is 4.74 Å². The molecule has 1 fully saturated rings. The zero-order valence-electron chi connectivity index (χ0n) is 21.0. The first kappa shape index (κ1) is 25.6. The SMILES string of the molecule is CC.Cc1c(CC(C)CC2CC2)sc2c(N(Cc3cccs3)C(=O)OC(C)(C)C)cnnc12. The Morgan fingerprint density at radius 3 is 2.64 bits per heavy atom. The average Bonchev–Trinajstić information content (AvgIpc) is 3.30. The largest absolute Gasteiger partial charge is 0.443 e. The van der Waals surface area contributed by atoms with Gasteiger partial charge in [-0.15, -0.1) is 27.8 Å². The van der Waals surface area contributed by atoms with Crippen LogP contribution in [0.1, 0.15) is 76.1 Å². The van der Waals surface area contributed by atoms with Crippen LogP contribution in [0.2, 0.25) is 0 Å². The number of rotatable bonds is 7. The van der Waals surface area contributed by atoms with Crippen LogP contribution in [0.15, 0.2) is 23.7 Å². The van der Waals surface area contributed by atoms with Crippen molar-refractivity contribution < 1.29 is 9.53 Å². The third kappa shape index (κ3) is 6.76. The van der Waals surface area contributed by atoms with E-state index in [9.17, 15) is 4.79 Å². The van der Waals surface area contributed by atoms with Crippen LogP contribution in [0, 0.1) is 18.8 Å². The van der Waals surface area contributed by atoms with Gasteiger partial charge in [0.25, 0.3) is 0 Å². The first-order valence-electron chi connectivity index (χ1n) is 12.0. The molecule has 1 aliphatic carbocycles. The first-order valence-corrected chi connectivity index (χ1v) is 13.7. The number of carbonyl (C=O) groups is 1. The zero-order valence-corrected chi connectivity index (χ0v) is 22.6. The second-order valence-electron chi connectivity index (χ2n) is 9.69. The fourth-order valence-corrected chi connectivity index (χ4v) is 5.99. The number of amides is 1. The summed E-state index contributed by atoms with van der Waals surface area (Å²) in [6.07, 6.45) is 6.48. The van der Waals surface area contributed by atoms with Crippen LogP contribution < -0.4 is 4.90 Å². The number of nitrogens with zero attached hydrogens (tertiary/aromatic N) is 3. The molecule has 1 amide bonds. The number of hydrogen-bond acceptors (Lipinski definition) is 6. The van der Waals surface area contributed by atoms with Crippen LogP contribution in [0.3, 0.4) is 0 Å². The zero-order chi connectivity index (χ0) is 24.2. The predicted molar refractivity (Wildman–Crippen MR) is 140 cm³/mol. The maximum absolute atomic E-state index is 13.2. The van der Waals surface area contributed by atoms with E-state index in [0.29, 0.717) is 12.5 Å². The van der Waals surface area contributed by atoms with Crippen LogP contribution in [0.4, 0.5) is 10.5 Å². The monoisotopic (exact) mass is 487 g/mol. The van der Waals surface area contributed by atoms with Crippen LogP contribution >= 0.6 is 22.7 Å². The fourth-order valence-electron chi connectivity index (χ4n) is 3.88. The third-order valence-electron chi connectivity index (χ3n) is 5.55. The number of fused-ring (bicyclic) bond motifs is 1. The van der Waals surface area contributed by atoms with Gasteiger partial charge in [-0.1, -0.05) is 39.7 Å². The number of ether oxygens (including phenoxy) is 1. The standard InChI is InChI=1S/C24H31N3O2S2.C2H6/c1-15(11-17-8-9-17)12-20-16(2)21-22(31-20)19(13-25-26-21)27(14-18-7-6-10-30-18)23(28)29-24(3,4)5;1-2/h6-7,10,13,15,17H,8-9,11-12,14H2,1-5H3;1-2H3. The lowest BCUT2D eigenvalue weighted by molar-refractivity contribution is 0.0578. The Hall–Kier alpha value is -1.99. The van der Waals surface area contributed by atoms with Gasteiger partial charge in [-0.25, -0.2) is 4.79 Å². The topological polar surface area (TPSA) is 55.3 Å². The smallest absolute Gasteiger partial charge is 0.415 e. The Morgan fingerprint density at radius 1 is 1.30 bits per heavy atom.